The van der Waals surface area contributed by atoms with E-state index in [1.165, 1.54) is 0 Å². The SMILES string of the molecule is Cc1ccc(S(=O)(=O)C(C)N2CCNCC2)cc1. The normalized spacial score (nSPS) is 19.7. The Hall–Kier alpha value is -0.910. The maximum Gasteiger partial charge on any atom is 0.194 e. The molecular formula is C13H20N2O2S. The minimum absolute atomic E-state index is 0.416. The Morgan fingerprint density at radius 2 is 1.72 bits per heavy atom. The second-order valence-corrected chi connectivity index (χ2v) is 6.99. The quantitative estimate of drug-likeness (QED) is 0.889. The molecule has 1 atom stereocenters. The van der Waals surface area contributed by atoms with Gasteiger partial charge in [-0.15, -0.1) is 0 Å². The zero-order valence-electron chi connectivity index (χ0n) is 10.9. The standard InChI is InChI=1S/C13H20N2O2S/c1-11-3-5-13(6-4-11)18(16,17)12(2)15-9-7-14-8-10-15/h3-6,12,14H,7-10H2,1-2H3. The van der Waals surface area contributed by atoms with Gasteiger partial charge in [-0.3, -0.25) is 4.90 Å². The van der Waals surface area contributed by atoms with E-state index < -0.39 is 15.2 Å². The van der Waals surface area contributed by atoms with E-state index in [4.69, 9.17) is 0 Å². The molecule has 1 aromatic rings. The zero-order valence-corrected chi connectivity index (χ0v) is 11.7. The highest BCUT2D eigenvalue weighted by atomic mass is 32.2. The monoisotopic (exact) mass is 268 g/mol. The Morgan fingerprint density at radius 3 is 2.28 bits per heavy atom. The van der Waals surface area contributed by atoms with Crippen LogP contribution in [0.4, 0.5) is 0 Å². The van der Waals surface area contributed by atoms with Crippen molar-refractivity contribution < 1.29 is 8.42 Å². The van der Waals surface area contributed by atoms with Crippen molar-refractivity contribution in [2.45, 2.75) is 24.1 Å². The van der Waals surface area contributed by atoms with Crippen LogP contribution in [-0.4, -0.2) is 44.9 Å². The maximum absolute atomic E-state index is 12.5. The highest BCUT2D eigenvalue weighted by molar-refractivity contribution is 7.92. The number of benzene rings is 1. The number of sulfone groups is 1. The van der Waals surface area contributed by atoms with Crippen LogP contribution in [0.3, 0.4) is 0 Å². The lowest BCUT2D eigenvalue weighted by molar-refractivity contribution is 0.227. The van der Waals surface area contributed by atoms with Gasteiger partial charge in [0.1, 0.15) is 5.37 Å². The minimum atomic E-state index is -3.26. The van der Waals surface area contributed by atoms with E-state index in [9.17, 15) is 8.42 Å². The van der Waals surface area contributed by atoms with E-state index in [0.717, 1.165) is 31.7 Å². The third-order valence-corrected chi connectivity index (χ3v) is 5.59. The fraction of sp³-hybridized carbons (Fsp3) is 0.538. The number of aryl methyl sites for hydroxylation is 1. The van der Waals surface area contributed by atoms with E-state index in [1.54, 1.807) is 19.1 Å². The molecule has 1 N–H and O–H groups in total. The molecule has 1 heterocycles. The van der Waals surface area contributed by atoms with Crippen molar-refractivity contribution in [1.82, 2.24) is 10.2 Å². The summed E-state index contributed by atoms with van der Waals surface area (Å²) in [4.78, 5) is 2.44. The van der Waals surface area contributed by atoms with Gasteiger partial charge in [0.15, 0.2) is 9.84 Å². The lowest BCUT2D eigenvalue weighted by Crippen LogP contribution is -2.49. The molecule has 1 aliphatic rings. The van der Waals surface area contributed by atoms with Crippen LogP contribution in [0, 0.1) is 6.92 Å². The molecule has 1 unspecified atom stereocenters. The first-order valence-electron chi connectivity index (χ1n) is 6.27. The van der Waals surface area contributed by atoms with Crippen molar-refractivity contribution in [1.29, 1.82) is 0 Å². The van der Waals surface area contributed by atoms with Crippen molar-refractivity contribution in [2.24, 2.45) is 0 Å². The fourth-order valence-corrected chi connectivity index (χ4v) is 3.68. The number of hydrogen-bond donors (Lipinski definition) is 1. The van der Waals surface area contributed by atoms with Crippen LogP contribution in [0.5, 0.6) is 0 Å². The van der Waals surface area contributed by atoms with Crippen LogP contribution in [0.25, 0.3) is 0 Å². The van der Waals surface area contributed by atoms with Gasteiger partial charge in [-0.05, 0) is 26.0 Å². The third kappa shape index (κ3) is 2.74. The molecule has 0 spiro atoms. The summed E-state index contributed by atoms with van der Waals surface area (Å²) in [6.45, 7) is 7.01. The van der Waals surface area contributed by atoms with Crippen LogP contribution >= 0.6 is 0 Å². The first kappa shape index (κ1) is 13.5. The average Bonchev–Trinajstić information content (AvgIpc) is 2.39. The van der Waals surface area contributed by atoms with Crippen molar-refractivity contribution in [3.63, 3.8) is 0 Å². The van der Waals surface area contributed by atoms with E-state index in [-0.39, 0.29) is 0 Å². The molecule has 100 valence electrons. The Labute approximate surface area is 109 Å². The molecule has 5 heteroatoms. The molecule has 0 radical (unpaired) electrons. The van der Waals surface area contributed by atoms with Crippen molar-refractivity contribution in [3.05, 3.63) is 29.8 Å². The summed E-state index contributed by atoms with van der Waals surface area (Å²) in [6, 6.07) is 7.08. The van der Waals surface area contributed by atoms with Gasteiger partial charge >= 0.3 is 0 Å². The second-order valence-electron chi connectivity index (χ2n) is 4.74. The third-order valence-electron chi connectivity index (χ3n) is 3.46. The molecule has 18 heavy (non-hydrogen) atoms. The van der Waals surface area contributed by atoms with E-state index in [1.807, 2.05) is 24.0 Å². The summed E-state index contributed by atoms with van der Waals surface area (Å²) < 4.78 is 25.0. The Balaban J connectivity index is 2.21. The summed E-state index contributed by atoms with van der Waals surface area (Å²) in [5.74, 6) is 0. The maximum atomic E-state index is 12.5. The van der Waals surface area contributed by atoms with Crippen LogP contribution in [-0.2, 0) is 9.84 Å². The Bertz CT molecular complexity index is 490. The second kappa shape index (κ2) is 5.38. The predicted octanol–water partition coefficient (Wildman–Crippen LogP) is 1.02. The molecule has 0 aromatic heterocycles. The highest BCUT2D eigenvalue weighted by Gasteiger charge is 2.29. The average molecular weight is 268 g/mol. The molecule has 0 saturated carbocycles. The number of rotatable bonds is 3. The number of nitrogens with one attached hydrogen (secondary N) is 1. The van der Waals surface area contributed by atoms with Gasteiger partial charge in [0.2, 0.25) is 0 Å². The molecule has 0 bridgehead atoms. The predicted molar refractivity (Wildman–Crippen MR) is 72.3 cm³/mol. The first-order valence-corrected chi connectivity index (χ1v) is 7.82. The Morgan fingerprint density at radius 1 is 1.17 bits per heavy atom. The van der Waals surface area contributed by atoms with Crippen LogP contribution in [0.2, 0.25) is 0 Å². The molecule has 1 aliphatic heterocycles. The largest absolute Gasteiger partial charge is 0.314 e. The minimum Gasteiger partial charge on any atom is -0.314 e. The van der Waals surface area contributed by atoms with Gasteiger partial charge in [0.05, 0.1) is 4.90 Å². The van der Waals surface area contributed by atoms with Crippen molar-refractivity contribution in [2.75, 3.05) is 26.2 Å². The van der Waals surface area contributed by atoms with Gasteiger partial charge < -0.3 is 5.32 Å². The summed E-state index contributed by atoms with van der Waals surface area (Å²) in [5, 5.41) is 2.78. The topological polar surface area (TPSA) is 49.4 Å². The van der Waals surface area contributed by atoms with Crippen LogP contribution < -0.4 is 5.32 Å². The van der Waals surface area contributed by atoms with E-state index in [0.29, 0.717) is 4.90 Å². The molecule has 0 aliphatic carbocycles. The smallest absolute Gasteiger partial charge is 0.194 e. The van der Waals surface area contributed by atoms with Gasteiger partial charge in [-0.1, -0.05) is 17.7 Å². The van der Waals surface area contributed by atoms with Gasteiger partial charge in [0, 0.05) is 26.2 Å². The molecular weight excluding hydrogens is 248 g/mol. The molecule has 2 rings (SSSR count). The van der Waals surface area contributed by atoms with Gasteiger partial charge in [-0.25, -0.2) is 8.42 Å². The highest BCUT2D eigenvalue weighted by Crippen LogP contribution is 2.19. The molecule has 0 amide bonds. The molecule has 4 nitrogen and oxygen atoms in total. The lowest BCUT2D eigenvalue weighted by Gasteiger charge is -2.32. The van der Waals surface area contributed by atoms with Crippen molar-refractivity contribution in [3.8, 4) is 0 Å². The molecule has 1 aromatic carbocycles. The van der Waals surface area contributed by atoms with E-state index >= 15 is 0 Å². The lowest BCUT2D eigenvalue weighted by atomic mass is 10.2. The first-order chi connectivity index (χ1) is 8.51. The number of piperazine rings is 1. The van der Waals surface area contributed by atoms with Crippen molar-refractivity contribution >= 4 is 9.84 Å². The zero-order chi connectivity index (χ0) is 13.2. The Kier molecular flexibility index (Phi) is 4.04. The molecule has 1 saturated heterocycles. The van der Waals surface area contributed by atoms with Gasteiger partial charge in [0.25, 0.3) is 0 Å². The number of hydrogen-bond acceptors (Lipinski definition) is 4. The summed E-state index contributed by atoms with van der Waals surface area (Å²) in [7, 11) is -3.26. The summed E-state index contributed by atoms with van der Waals surface area (Å²) >= 11 is 0. The molecule has 1 fully saturated rings. The van der Waals surface area contributed by atoms with Gasteiger partial charge in [-0.2, -0.15) is 0 Å². The van der Waals surface area contributed by atoms with Crippen LogP contribution in [0.15, 0.2) is 29.2 Å². The summed E-state index contributed by atoms with van der Waals surface area (Å²) in [5.41, 5.74) is 1.07. The van der Waals surface area contributed by atoms with E-state index in [2.05, 4.69) is 5.32 Å². The fourth-order valence-electron chi connectivity index (χ4n) is 2.17. The summed E-state index contributed by atoms with van der Waals surface area (Å²) in [6.07, 6.45) is 0. The van der Waals surface area contributed by atoms with Crippen LogP contribution in [0.1, 0.15) is 12.5 Å². The number of nitrogens with zero attached hydrogens (tertiary/aromatic N) is 1.